The summed E-state index contributed by atoms with van der Waals surface area (Å²) in [6, 6.07) is 13.8. The fraction of sp³-hybridized carbons (Fsp3) is 0. The maximum atomic E-state index is 12.9. The predicted octanol–water partition coefficient (Wildman–Crippen LogP) is 3.47. The van der Waals surface area contributed by atoms with Gasteiger partial charge in [-0.15, -0.1) is 0 Å². The Bertz CT molecular complexity index is 624. The number of hydrogen-bond acceptors (Lipinski definition) is 2. The first-order valence-electron chi connectivity index (χ1n) is 5.89. The van der Waals surface area contributed by atoms with E-state index in [0.29, 0.717) is 5.69 Å². The first-order valence-corrected chi connectivity index (χ1v) is 5.89. The van der Waals surface area contributed by atoms with Crippen LogP contribution in [0.5, 0.6) is 0 Å². The molecular formula is C15H12FN3. The van der Waals surface area contributed by atoms with Gasteiger partial charge in [-0.2, -0.15) is 0 Å². The molecule has 0 saturated carbocycles. The van der Waals surface area contributed by atoms with Gasteiger partial charge in [-0.05, 0) is 54.1 Å². The Kier molecular flexibility index (Phi) is 2.76. The van der Waals surface area contributed by atoms with Crippen molar-refractivity contribution in [1.82, 2.24) is 9.97 Å². The lowest BCUT2D eigenvalue weighted by molar-refractivity contribution is 0.628. The van der Waals surface area contributed by atoms with E-state index in [1.165, 1.54) is 12.1 Å². The average molecular weight is 253 g/mol. The molecule has 0 saturated heterocycles. The summed E-state index contributed by atoms with van der Waals surface area (Å²) in [7, 11) is 0. The van der Waals surface area contributed by atoms with Crippen molar-refractivity contribution < 1.29 is 4.39 Å². The molecule has 0 aliphatic rings. The molecule has 0 spiro atoms. The second-order valence-corrected chi connectivity index (χ2v) is 4.27. The van der Waals surface area contributed by atoms with E-state index in [1.807, 2.05) is 24.3 Å². The van der Waals surface area contributed by atoms with Crippen LogP contribution in [-0.2, 0) is 0 Å². The van der Waals surface area contributed by atoms with Crippen LogP contribution in [-0.4, -0.2) is 9.97 Å². The average Bonchev–Trinajstić information content (AvgIpc) is 2.90. The van der Waals surface area contributed by atoms with Crippen molar-refractivity contribution in [2.75, 3.05) is 5.73 Å². The summed E-state index contributed by atoms with van der Waals surface area (Å²) >= 11 is 0. The Labute approximate surface area is 109 Å². The van der Waals surface area contributed by atoms with Crippen molar-refractivity contribution in [3.8, 4) is 22.6 Å². The van der Waals surface area contributed by atoms with E-state index < -0.39 is 0 Å². The summed E-state index contributed by atoms with van der Waals surface area (Å²) in [6.45, 7) is 0. The van der Waals surface area contributed by atoms with Crippen LogP contribution in [0.3, 0.4) is 0 Å². The van der Waals surface area contributed by atoms with Gasteiger partial charge in [-0.25, -0.2) is 9.37 Å². The quantitative estimate of drug-likeness (QED) is 0.687. The number of nitrogens with two attached hydrogens (primary N) is 1. The van der Waals surface area contributed by atoms with E-state index in [2.05, 4.69) is 9.97 Å². The summed E-state index contributed by atoms with van der Waals surface area (Å²) in [5, 5.41) is 0. The number of benzene rings is 2. The summed E-state index contributed by atoms with van der Waals surface area (Å²) in [6.07, 6.45) is 1.74. The predicted molar refractivity (Wildman–Crippen MR) is 73.8 cm³/mol. The lowest BCUT2D eigenvalue weighted by atomic mass is 10.2. The van der Waals surface area contributed by atoms with Gasteiger partial charge in [0.2, 0.25) is 0 Å². The van der Waals surface area contributed by atoms with Crippen LogP contribution in [0, 0.1) is 5.82 Å². The summed E-state index contributed by atoms with van der Waals surface area (Å²) < 4.78 is 12.9. The monoisotopic (exact) mass is 253 g/mol. The summed E-state index contributed by atoms with van der Waals surface area (Å²) in [5.74, 6) is 0.515. The minimum absolute atomic E-state index is 0.248. The van der Waals surface area contributed by atoms with Gasteiger partial charge < -0.3 is 10.7 Å². The zero-order valence-electron chi connectivity index (χ0n) is 10.1. The second-order valence-electron chi connectivity index (χ2n) is 4.27. The lowest BCUT2D eigenvalue weighted by Gasteiger charge is -1.99. The molecular weight excluding hydrogens is 241 g/mol. The third-order valence-corrected chi connectivity index (χ3v) is 2.92. The van der Waals surface area contributed by atoms with E-state index in [-0.39, 0.29) is 5.82 Å². The topological polar surface area (TPSA) is 54.7 Å². The number of imidazole rings is 1. The molecule has 1 heterocycles. The molecule has 0 atom stereocenters. The molecule has 0 fully saturated rings. The number of nitrogens with one attached hydrogen (secondary N) is 1. The SMILES string of the molecule is Nc1ccc(-c2ncc(-c3ccc(F)cc3)[nH]2)cc1. The molecule has 3 rings (SSSR count). The normalized spacial score (nSPS) is 10.6. The minimum Gasteiger partial charge on any atom is -0.399 e. The van der Waals surface area contributed by atoms with Gasteiger partial charge in [0, 0.05) is 11.3 Å². The fourth-order valence-corrected chi connectivity index (χ4v) is 1.89. The number of nitrogens with zero attached hydrogens (tertiary/aromatic N) is 1. The van der Waals surface area contributed by atoms with E-state index >= 15 is 0 Å². The maximum absolute atomic E-state index is 12.9. The molecule has 2 aromatic carbocycles. The molecule has 0 bridgehead atoms. The number of anilines is 1. The molecule has 0 aliphatic heterocycles. The van der Waals surface area contributed by atoms with Crippen LogP contribution >= 0.6 is 0 Å². The molecule has 0 amide bonds. The Balaban J connectivity index is 1.95. The van der Waals surface area contributed by atoms with Gasteiger partial charge >= 0.3 is 0 Å². The van der Waals surface area contributed by atoms with Gasteiger partial charge in [0.15, 0.2) is 0 Å². The minimum atomic E-state index is -0.248. The zero-order chi connectivity index (χ0) is 13.2. The number of hydrogen-bond donors (Lipinski definition) is 2. The number of nitrogen functional groups attached to an aromatic ring is 1. The molecule has 3 nitrogen and oxygen atoms in total. The van der Waals surface area contributed by atoms with Crippen LogP contribution in [0.25, 0.3) is 22.6 Å². The van der Waals surface area contributed by atoms with Crippen molar-refractivity contribution in [3.05, 3.63) is 60.5 Å². The van der Waals surface area contributed by atoms with Crippen molar-refractivity contribution in [2.24, 2.45) is 0 Å². The molecule has 1 aromatic heterocycles. The number of aromatic nitrogens is 2. The highest BCUT2D eigenvalue weighted by Gasteiger charge is 2.05. The third kappa shape index (κ3) is 2.33. The Morgan fingerprint density at radius 2 is 1.53 bits per heavy atom. The Hall–Kier alpha value is -2.62. The number of H-pyrrole nitrogens is 1. The lowest BCUT2D eigenvalue weighted by Crippen LogP contribution is -1.85. The molecule has 0 aliphatic carbocycles. The standard InChI is InChI=1S/C15H12FN3/c16-12-5-1-10(2-6-12)14-9-18-15(19-14)11-3-7-13(17)8-4-11/h1-9H,17H2,(H,18,19). The molecule has 0 unspecified atom stereocenters. The molecule has 94 valence electrons. The van der Waals surface area contributed by atoms with Gasteiger partial charge in [-0.1, -0.05) is 0 Å². The van der Waals surface area contributed by atoms with Crippen LogP contribution in [0.4, 0.5) is 10.1 Å². The fourth-order valence-electron chi connectivity index (χ4n) is 1.89. The van der Waals surface area contributed by atoms with E-state index in [4.69, 9.17) is 5.73 Å². The second kappa shape index (κ2) is 4.57. The van der Waals surface area contributed by atoms with Gasteiger partial charge in [0.25, 0.3) is 0 Å². The number of halogens is 1. The molecule has 0 radical (unpaired) electrons. The number of aromatic amines is 1. The molecule has 4 heteroatoms. The molecule has 3 N–H and O–H groups in total. The van der Waals surface area contributed by atoms with Crippen molar-refractivity contribution in [3.63, 3.8) is 0 Å². The van der Waals surface area contributed by atoms with E-state index in [0.717, 1.165) is 22.6 Å². The van der Waals surface area contributed by atoms with Crippen molar-refractivity contribution >= 4 is 5.69 Å². The van der Waals surface area contributed by atoms with Gasteiger partial charge in [0.1, 0.15) is 11.6 Å². The smallest absolute Gasteiger partial charge is 0.137 e. The van der Waals surface area contributed by atoms with E-state index in [1.54, 1.807) is 18.3 Å². The Morgan fingerprint density at radius 3 is 2.21 bits per heavy atom. The maximum Gasteiger partial charge on any atom is 0.137 e. The zero-order valence-corrected chi connectivity index (χ0v) is 10.1. The summed E-state index contributed by atoms with van der Waals surface area (Å²) in [4.78, 5) is 7.54. The van der Waals surface area contributed by atoms with Crippen LogP contribution in [0.2, 0.25) is 0 Å². The highest BCUT2D eigenvalue weighted by molar-refractivity contribution is 5.65. The van der Waals surface area contributed by atoms with Crippen LogP contribution in [0.15, 0.2) is 54.7 Å². The molecule has 3 aromatic rings. The van der Waals surface area contributed by atoms with Crippen molar-refractivity contribution in [1.29, 1.82) is 0 Å². The third-order valence-electron chi connectivity index (χ3n) is 2.92. The summed E-state index contributed by atoms with van der Waals surface area (Å²) in [5.41, 5.74) is 9.08. The Morgan fingerprint density at radius 1 is 0.895 bits per heavy atom. The highest BCUT2D eigenvalue weighted by Crippen LogP contribution is 2.22. The van der Waals surface area contributed by atoms with Crippen LogP contribution < -0.4 is 5.73 Å². The molecule has 19 heavy (non-hydrogen) atoms. The highest BCUT2D eigenvalue weighted by atomic mass is 19.1. The van der Waals surface area contributed by atoms with E-state index in [9.17, 15) is 4.39 Å². The van der Waals surface area contributed by atoms with Gasteiger partial charge in [0.05, 0.1) is 11.9 Å². The number of rotatable bonds is 2. The van der Waals surface area contributed by atoms with Crippen molar-refractivity contribution in [2.45, 2.75) is 0 Å². The van der Waals surface area contributed by atoms with Crippen LogP contribution in [0.1, 0.15) is 0 Å². The largest absolute Gasteiger partial charge is 0.399 e. The first-order chi connectivity index (χ1) is 9.22. The first kappa shape index (κ1) is 11.5. The van der Waals surface area contributed by atoms with Gasteiger partial charge in [-0.3, -0.25) is 0 Å².